The molecule has 47 heavy (non-hydrogen) atoms. The maximum absolute atomic E-state index is 13.8. The van der Waals surface area contributed by atoms with Crippen LogP contribution in [0.5, 0.6) is 0 Å². The molecule has 1 aromatic carbocycles. The van der Waals surface area contributed by atoms with Crippen LogP contribution in [0.4, 0.5) is 5.69 Å². The molecule has 4 amide bonds. The summed E-state index contributed by atoms with van der Waals surface area (Å²) in [6.07, 6.45) is 4.68. The molecule has 0 aliphatic carbocycles. The highest BCUT2D eigenvalue weighted by atomic mass is 16.3. The molecule has 15 heteroatoms. The van der Waals surface area contributed by atoms with Gasteiger partial charge in [0.2, 0.25) is 17.8 Å². The number of carbonyl (C=O) groups excluding carboxylic acids is 4. The molecule has 2 atom stereocenters. The number of hydrogen-bond donors (Lipinski definition) is 2. The second kappa shape index (κ2) is 14.8. The van der Waals surface area contributed by atoms with Crippen LogP contribution in [0.3, 0.4) is 0 Å². The van der Waals surface area contributed by atoms with Crippen molar-refractivity contribution in [3.05, 3.63) is 70.1 Å². The number of guanidine groups is 1. The average molecular weight is 643 g/mol. The van der Waals surface area contributed by atoms with E-state index in [0.29, 0.717) is 43.6 Å². The molecular formula is C32H38N10O5. The van der Waals surface area contributed by atoms with Crippen molar-refractivity contribution in [1.82, 2.24) is 25.0 Å². The number of aromatic nitrogens is 1. The van der Waals surface area contributed by atoms with Crippen LogP contribution in [0.25, 0.3) is 21.4 Å². The van der Waals surface area contributed by atoms with Crippen LogP contribution in [0.2, 0.25) is 0 Å². The van der Waals surface area contributed by atoms with Gasteiger partial charge in [0.15, 0.2) is 0 Å². The lowest BCUT2D eigenvalue weighted by molar-refractivity contribution is -0.141. The van der Waals surface area contributed by atoms with Gasteiger partial charge in [-0.05, 0) is 81.0 Å². The molecule has 5 rings (SSSR count). The number of benzene rings is 1. The number of nitrogens with one attached hydrogen (secondary N) is 2. The zero-order chi connectivity index (χ0) is 33.5. The molecular weight excluding hydrogens is 604 g/mol. The molecule has 2 saturated heterocycles. The molecule has 1 unspecified atom stereocenters. The summed E-state index contributed by atoms with van der Waals surface area (Å²) in [4.78, 5) is 69.0. The summed E-state index contributed by atoms with van der Waals surface area (Å²) in [6.45, 7) is 2.90. The van der Waals surface area contributed by atoms with Crippen LogP contribution >= 0.6 is 0 Å². The quantitative estimate of drug-likeness (QED) is 0.123. The van der Waals surface area contributed by atoms with Crippen molar-refractivity contribution in [3.63, 3.8) is 0 Å². The number of aryl methyl sites for hydroxylation is 1. The first-order valence-corrected chi connectivity index (χ1v) is 15.6. The van der Waals surface area contributed by atoms with Crippen molar-refractivity contribution < 1.29 is 23.6 Å². The fourth-order valence-corrected chi connectivity index (χ4v) is 5.81. The van der Waals surface area contributed by atoms with Gasteiger partial charge in [0, 0.05) is 62.0 Å². The third-order valence-corrected chi connectivity index (χ3v) is 8.20. The predicted molar refractivity (Wildman–Crippen MR) is 175 cm³/mol. The largest absolute Gasteiger partial charge is 0.461 e. The predicted octanol–water partition coefficient (Wildman–Crippen LogP) is 3.72. The summed E-state index contributed by atoms with van der Waals surface area (Å²) in [5.74, 6) is -0.553. The number of pyridine rings is 1. The van der Waals surface area contributed by atoms with Crippen LogP contribution < -0.4 is 10.6 Å². The van der Waals surface area contributed by atoms with E-state index in [1.165, 1.54) is 28.1 Å². The molecule has 3 aromatic rings. The zero-order valence-electron chi connectivity index (χ0n) is 26.7. The molecule has 2 aliphatic heterocycles. The summed E-state index contributed by atoms with van der Waals surface area (Å²) in [5.41, 5.74) is 10.4. The first-order chi connectivity index (χ1) is 22.6. The number of anilines is 1. The normalized spacial score (nSPS) is 18.4. The van der Waals surface area contributed by atoms with Gasteiger partial charge in [-0.25, -0.2) is 4.99 Å². The molecule has 2 aliphatic rings. The number of nitrogens with zero attached hydrogens (tertiary/aromatic N) is 8. The van der Waals surface area contributed by atoms with E-state index in [2.05, 4.69) is 25.6 Å². The summed E-state index contributed by atoms with van der Waals surface area (Å²) in [7, 11) is 3.23. The van der Waals surface area contributed by atoms with Gasteiger partial charge in [0.05, 0.1) is 12.1 Å². The Balaban J connectivity index is 1.38. The number of amides is 4. The molecule has 15 nitrogen and oxygen atoms in total. The van der Waals surface area contributed by atoms with Gasteiger partial charge >= 0.3 is 0 Å². The van der Waals surface area contributed by atoms with Gasteiger partial charge in [0.25, 0.3) is 11.8 Å². The van der Waals surface area contributed by atoms with Gasteiger partial charge in [-0.15, -0.1) is 0 Å². The Labute approximate surface area is 271 Å². The Morgan fingerprint density at radius 3 is 2.68 bits per heavy atom. The second-order valence-corrected chi connectivity index (χ2v) is 11.9. The Bertz CT molecular complexity index is 1730. The average Bonchev–Trinajstić information content (AvgIpc) is 3.64. The number of azide groups is 1. The third kappa shape index (κ3) is 8.05. The van der Waals surface area contributed by atoms with Crippen LogP contribution in [0, 0.1) is 6.92 Å². The molecule has 2 N–H and O–H groups in total. The molecule has 4 heterocycles. The fraction of sp³-hybridized carbons (Fsp3) is 0.438. The van der Waals surface area contributed by atoms with E-state index in [9.17, 15) is 19.2 Å². The van der Waals surface area contributed by atoms with Crippen LogP contribution in [-0.2, 0) is 9.59 Å². The maximum Gasteiger partial charge on any atom is 0.271 e. The molecule has 0 radical (unpaired) electrons. The minimum absolute atomic E-state index is 0.0449. The Morgan fingerprint density at radius 1 is 1.11 bits per heavy atom. The molecule has 0 bridgehead atoms. The van der Waals surface area contributed by atoms with E-state index in [-0.39, 0.29) is 54.1 Å². The summed E-state index contributed by atoms with van der Waals surface area (Å²) >= 11 is 0. The minimum Gasteiger partial charge on any atom is -0.461 e. The van der Waals surface area contributed by atoms with Crippen molar-refractivity contribution in [1.29, 1.82) is 0 Å². The van der Waals surface area contributed by atoms with Gasteiger partial charge in [-0.1, -0.05) is 5.11 Å². The van der Waals surface area contributed by atoms with Gasteiger partial charge in [0.1, 0.15) is 23.1 Å². The van der Waals surface area contributed by atoms with Crippen LogP contribution in [0.15, 0.2) is 57.1 Å². The van der Waals surface area contributed by atoms with Gasteiger partial charge in [-0.2, -0.15) is 0 Å². The topological polar surface area (TPSA) is 189 Å². The second-order valence-electron chi connectivity index (χ2n) is 11.9. The Kier molecular flexibility index (Phi) is 10.4. The minimum atomic E-state index is -0.858. The first kappa shape index (κ1) is 32.9. The van der Waals surface area contributed by atoms with Crippen molar-refractivity contribution in [3.8, 4) is 0 Å². The van der Waals surface area contributed by atoms with E-state index in [1.54, 1.807) is 31.1 Å². The summed E-state index contributed by atoms with van der Waals surface area (Å²) in [6, 6.07) is 9.24. The fourth-order valence-electron chi connectivity index (χ4n) is 5.81. The first-order valence-electron chi connectivity index (χ1n) is 15.6. The number of rotatable bonds is 8. The number of aliphatic imine (C=N–C) groups is 1. The molecule has 0 saturated carbocycles. The third-order valence-electron chi connectivity index (χ3n) is 8.20. The standard InChI is InChI=1S/C32H38N10O5/c1-20-15-22-16-23(10-12-27(22)47-20)36-32(38-29(44)21-9-11-25(34-17-21)30(45)40(2)3)37-26-8-4-5-13-41(31(26)46)19-28(43)42-14-6-7-24(42)18-35-39-33/h9-12,15-17,24,26H,4-8,13-14,18-19H2,1-3H3,(H2,36,37,38,44)/t24-,26?/m1/s1. The van der Waals surface area contributed by atoms with Crippen LogP contribution in [-0.4, -0.2) is 102 Å². The highest BCUT2D eigenvalue weighted by molar-refractivity contribution is 6.11. The molecule has 246 valence electrons. The number of hydrogen-bond acceptors (Lipinski definition) is 8. The van der Waals surface area contributed by atoms with Crippen molar-refractivity contribution in [2.75, 3.05) is 45.6 Å². The summed E-state index contributed by atoms with van der Waals surface area (Å²) in [5, 5.41) is 10.4. The zero-order valence-corrected chi connectivity index (χ0v) is 26.7. The van der Waals surface area contributed by atoms with Crippen LogP contribution in [0.1, 0.15) is 58.7 Å². The highest BCUT2D eigenvalue weighted by Gasteiger charge is 2.33. The lowest BCUT2D eigenvalue weighted by Crippen LogP contribution is -2.47. The van der Waals surface area contributed by atoms with Gasteiger partial charge in [-0.3, -0.25) is 29.5 Å². The number of fused-ring (bicyclic) bond motifs is 1. The number of likely N-dealkylation sites (tertiary alicyclic amines) is 2. The lowest BCUT2D eigenvalue weighted by atomic mass is 10.1. The maximum atomic E-state index is 13.8. The molecule has 2 aromatic heterocycles. The molecule has 0 spiro atoms. The Hall–Kier alpha value is -5.43. The lowest BCUT2D eigenvalue weighted by Gasteiger charge is -2.28. The Morgan fingerprint density at radius 2 is 1.94 bits per heavy atom. The van der Waals surface area contributed by atoms with Crippen molar-refractivity contribution >= 4 is 46.2 Å². The van der Waals surface area contributed by atoms with E-state index in [1.807, 2.05) is 19.1 Å². The summed E-state index contributed by atoms with van der Waals surface area (Å²) < 4.78 is 5.68. The number of furan rings is 1. The van der Waals surface area contributed by atoms with Gasteiger partial charge < -0.3 is 24.4 Å². The van der Waals surface area contributed by atoms with E-state index < -0.39 is 11.9 Å². The van der Waals surface area contributed by atoms with E-state index >= 15 is 0 Å². The smallest absolute Gasteiger partial charge is 0.271 e. The van der Waals surface area contributed by atoms with Crippen molar-refractivity contribution in [2.24, 2.45) is 10.1 Å². The monoisotopic (exact) mass is 642 g/mol. The molecule has 2 fully saturated rings. The highest BCUT2D eigenvalue weighted by Crippen LogP contribution is 2.24. The van der Waals surface area contributed by atoms with E-state index in [4.69, 9.17) is 14.9 Å². The van der Waals surface area contributed by atoms with Crippen molar-refractivity contribution in [2.45, 2.75) is 51.1 Å². The number of carbonyl (C=O) groups is 4. The van der Waals surface area contributed by atoms with E-state index in [0.717, 1.165) is 24.0 Å². The SMILES string of the molecule is Cc1cc2cc(NC(=NC3CCCCN(CC(=O)N4CCC[C@@H]4CN=[N+]=[N-])C3=O)NC(=O)c3ccc(C(=O)N(C)C)nc3)ccc2o1.